The number of ether oxygens (including phenoxy) is 1. The van der Waals surface area contributed by atoms with E-state index in [9.17, 15) is 9.90 Å². The Bertz CT molecular complexity index is 1780. The van der Waals surface area contributed by atoms with Crippen molar-refractivity contribution in [3.63, 3.8) is 0 Å². The molecule has 1 aliphatic rings. The first-order valence-electron chi connectivity index (χ1n) is 14.0. The number of nitrogens with one attached hydrogen (secondary N) is 2. The molecule has 0 spiro atoms. The van der Waals surface area contributed by atoms with E-state index in [1.165, 1.54) is 17.7 Å². The standard InChI is InChI=1S/C33H31F2N5O3/c1-19-2-11-25(14-26(19)32(41)42)43-33-38-28-15-27(34)29(30(35)31(28)39-33)23-9-7-22(8-10-23)21-5-3-20(4-6-21)16-40-17-24(18-40)37-13-12-36/h2-11,14-15,24,37H,12-13,16-18,36H2,1H3,(H,38,39)(H,41,42). The number of H-pyrrole nitrogens is 1. The molecule has 0 aliphatic carbocycles. The highest BCUT2D eigenvalue weighted by Gasteiger charge is 2.25. The molecular formula is C33H31F2N5O3. The van der Waals surface area contributed by atoms with Crippen LogP contribution in [-0.4, -0.2) is 58.2 Å². The van der Waals surface area contributed by atoms with Crippen LogP contribution in [0.4, 0.5) is 8.78 Å². The number of benzene rings is 4. The number of carboxylic acid groups (broad SMARTS) is 1. The largest absolute Gasteiger partial charge is 0.478 e. The number of rotatable bonds is 10. The Balaban J connectivity index is 1.17. The molecule has 0 saturated carbocycles. The zero-order chi connectivity index (χ0) is 30.1. The molecule has 6 rings (SSSR count). The number of hydrogen-bond donors (Lipinski definition) is 4. The monoisotopic (exact) mass is 583 g/mol. The number of fused-ring (bicyclic) bond motifs is 1. The Morgan fingerprint density at radius 2 is 1.72 bits per heavy atom. The Kier molecular flexibility index (Phi) is 7.90. The number of aryl methyl sites for hydroxylation is 1. The average molecular weight is 584 g/mol. The van der Waals surface area contributed by atoms with Crippen LogP contribution in [0.25, 0.3) is 33.3 Å². The molecule has 43 heavy (non-hydrogen) atoms. The summed E-state index contributed by atoms with van der Waals surface area (Å²) in [5.41, 5.74) is 9.58. The third-order valence-corrected chi connectivity index (χ3v) is 7.70. The van der Waals surface area contributed by atoms with Crippen LogP contribution in [0.2, 0.25) is 0 Å². The number of hydrogen-bond acceptors (Lipinski definition) is 6. The fourth-order valence-electron chi connectivity index (χ4n) is 5.38. The molecule has 1 fully saturated rings. The Morgan fingerprint density at radius 3 is 2.40 bits per heavy atom. The number of aromatic nitrogens is 2. The molecule has 5 aromatic rings. The second-order valence-corrected chi connectivity index (χ2v) is 10.8. The van der Waals surface area contributed by atoms with Crippen molar-refractivity contribution >= 4 is 17.0 Å². The van der Waals surface area contributed by atoms with Crippen molar-refractivity contribution in [2.75, 3.05) is 26.2 Å². The van der Waals surface area contributed by atoms with Crippen molar-refractivity contribution in [1.29, 1.82) is 0 Å². The van der Waals surface area contributed by atoms with Gasteiger partial charge in [0.2, 0.25) is 0 Å². The average Bonchev–Trinajstić information content (AvgIpc) is 3.38. The van der Waals surface area contributed by atoms with Gasteiger partial charge in [0, 0.05) is 44.8 Å². The van der Waals surface area contributed by atoms with Gasteiger partial charge < -0.3 is 25.9 Å². The van der Waals surface area contributed by atoms with E-state index in [1.807, 2.05) is 12.1 Å². The molecule has 5 N–H and O–H groups in total. The van der Waals surface area contributed by atoms with Crippen LogP contribution >= 0.6 is 0 Å². The first kappa shape index (κ1) is 28.5. The zero-order valence-corrected chi connectivity index (χ0v) is 23.5. The molecule has 1 aromatic heterocycles. The van der Waals surface area contributed by atoms with Crippen LogP contribution < -0.4 is 15.8 Å². The second kappa shape index (κ2) is 11.9. The quantitative estimate of drug-likeness (QED) is 0.167. The van der Waals surface area contributed by atoms with Gasteiger partial charge in [-0.15, -0.1) is 0 Å². The molecule has 0 radical (unpaired) electrons. The number of carboxylic acids is 1. The Morgan fingerprint density at radius 1 is 1.05 bits per heavy atom. The highest BCUT2D eigenvalue weighted by molar-refractivity contribution is 5.90. The number of imidazole rings is 1. The van der Waals surface area contributed by atoms with Crippen molar-refractivity contribution in [1.82, 2.24) is 20.2 Å². The molecule has 220 valence electrons. The molecule has 8 nitrogen and oxygen atoms in total. The van der Waals surface area contributed by atoms with Gasteiger partial charge in [0.15, 0.2) is 5.82 Å². The minimum atomic E-state index is -1.10. The van der Waals surface area contributed by atoms with Crippen LogP contribution in [0.3, 0.4) is 0 Å². The van der Waals surface area contributed by atoms with E-state index < -0.39 is 17.6 Å². The fraction of sp³-hybridized carbons (Fsp3) is 0.212. The third kappa shape index (κ3) is 5.98. The molecular weight excluding hydrogens is 552 g/mol. The predicted molar refractivity (Wildman–Crippen MR) is 161 cm³/mol. The van der Waals surface area contributed by atoms with Crippen LogP contribution in [0.15, 0.2) is 72.8 Å². The highest BCUT2D eigenvalue weighted by atomic mass is 19.1. The molecule has 0 amide bonds. The Hall–Kier alpha value is -4.64. The lowest BCUT2D eigenvalue weighted by molar-refractivity contribution is 0.0695. The summed E-state index contributed by atoms with van der Waals surface area (Å²) in [5.74, 6) is -2.45. The normalized spacial score (nSPS) is 13.8. The van der Waals surface area contributed by atoms with Crippen LogP contribution in [-0.2, 0) is 6.54 Å². The van der Waals surface area contributed by atoms with Crippen molar-refractivity contribution in [3.05, 3.63) is 101 Å². The lowest BCUT2D eigenvalue weighted by atomic mass is 9.98. The first-order valence-corrected chi connectivity index (χ1v) is 14.0. The zero-order valence-electron chi connectivity index (χ0n) is 23.5. The number of likely N-dealkylation sites (tertiary alicyclic amines) is 1. The summed E-state index contributed by atoms with van der Waals surface area (Å²) in [6.07, 6.45) is 0. The minimum absolute atomic E-state index is 0.0735. The summed E-state index contributed by atoms with van der Waals surface area (Å²) >= 11 is 0. The summed E-state index contributed by atoms with van der Waals surface area (Å²) in [6, 6.07) is 21.5. The summed E-state index contributed by atoms with van der Waals surface area (Å²) in [5, 5.41) is 12.8. The molecule has 4 aromatic carbocycles. The molecule has 2 heterocycles. The lowest BCUT2D eigenvalue weighted by Crippen LogP contribution is -2.57. The van der Waals surface area contributed by atoms with Crippen LogP contribution in [0.1, 0.15) is 21.5 Å². The SMILES string of the molecule is Cc1ccc(Oc2nc3c(F)c(-c4ccc(-c5ccc(CN6CC(NCCN)C6)cc5)cc4)c(F)cc3[nH]2)cc1C(=O)O. The second-order valence-electron chi connectivity index (χ2n) is 10.8. The molecule has 1 saturated heterocycles. The summed E-state index contributed by atoms with van der Waals surface area (Å²) < 4.78 is 36.4. The van der Waals surface area contributed by atoms with E-state index >= 15 is 8.78 Å². The number of carbonyl (C=O) groups is 1. The van der Waals surface area contributed by atoms with Gasteiger partial charge in [-0.25, -0.2) is 13.6 Å². The van der Waals surface area contributed by atoms with Crippen molar-refractivity contribution in [2.45, 2.75) is 19.5 Å². The van der Waals surface area contributed by atoms with Crippen molar-refractivity contribution in [2.24, 2.45) is 5.73 Å². The van der Waals surface area contributed by atoms with E-state index in [-0.39, 0.29) is 33.9 Å². The molecule has 10 heteroatoms. The van der Waals surface area contributed by atoms with Gasteiger partial charge in [-0.2, -0.15) is 4.98 Å². The maximum Gasteiger partial charge on any atom is 0.336 e. The van der Waals surface area contributed by atoms with Gasteiger partial charge in [0.25, 0.3) is 6.01 Å². The van der Waals surface area contributed by atoms with Crippen LogP contribution in [0.5, 0.6) is 11.8 Å². The first-order chi connectivity index (χ1) is 20.8. The number of nitrogens with zero attached hydrogens (tertiary/aromatic N) is 2. The van der Waals surface area contributed by atoms with E-state index in [4.69, 9.17) is 10.5 Å². The summed E-state index contributed by atoms with van der Waals surface area (Å²) in [6.45, 7) is 6.06. The number of halogens is 2. The van der Waals surface area contributed by atoms with Gasteiger partial charge in [0.05, 0.1) is 16.6 Å². The summed E-state index contributed by atoms with van der Waals surface area (Å²) in [7, 11) is 0. The van der Waals surface area contributed by atoms with Crippen LogP contribution in [0, 0.1) is 18.6 Å². The highest BCUT2D eigenvalue weighted by Crippen LogP contribution is 2.34. The van der Waals surface area contributed by atoms with E-state index in [0.29, 0.717) is 23.7 Å². The van der Waals surface area contributed by atoms with Crippen molar-refractivity contribution < 1.29 is 23.4 Å². The maximum atomic E-state index is 15.6. The smallest absolute Gasteiger partial charge is 0.336 e. The van der Waals surface area contributed by atoms with E-state index in [1.54, 1.807) is 31.2 Å². The molecule has 1 aliphatic heterocycles. The van der Waals surface area contributed by atoms with Crippen molar-refractivity contribution in [3.8, 4) is 34.0 Å². The lowest BCUT2D eigenvalue weighted by Gasteiger charge is -2.39. The predicted octanol–water partition coefficient (Wildman–Crippen LogP) is 5.71. The van der Waals surface area contributed by atoms with Gasteiger partial charge in [-0.1, -0.05) is 54.6 Å². The summed E-state index contributed by atoms with van der Waals surface area (Å²) in [4.78, 5) is 20.8. The fourth-order valence-corrected chi connectivity index (χ4v) is 5.38. The Labute approximate surface area is 247 Å². The topological polar surface area (TPSA) is 116 Å². The molecule has 0 bridgehead atoms. The molecule has 0 unspecified atom stereocenters. The number of aromatic amines is 1. The van der Waals surface area contributed by atoms with Gasteiger partial charge >= 0.3 is 5.97 Å². The van der Waals surface area contributed by atoms with Gasteiger partial charge in [0.1, 0.15) is 17.1 Å². The van der Waals surface area contributed by atoms with Gasteiger partial charge in [-0.3, -0.25) is 4.90 Å². The minimum Gasteiger partial charge on any atom is -0.478 e. The molecule has 0 atom stereocenters. The van der Waals surface area contributed by atoms with E-state index in [0.717, 1.165) is 37.3 Å². The third-order valence-electron chi connectivity index (χ3n) is 7.70. The number of nitrogens with two attached hydrogens (primary N) is 1. The van der Waals surface area contributed by atoms with Gasteiger partial charge in [-0.05, 0) is 46.9 Å². The van der Waals surface area contributed by atoms with E-state index in [2.05, 4.69) is 44.5 Å². The maximum absolute atomic E-state index is 15.6. The number of aromatic carboxylic acids is 1.